The van der Waals surface area contributed by atoms with E-state index in [2.05, 4.69) is 23.7 Å². The zero-order chi connectivity index (χ0) is 3.41. The molecule has 0 aliphatic heterocycles. The quantitative estimate of drug-likeness (QED) is 0.426. The molecule has 0 spiro atoms. The Morgan fingerprint density at radius 1 is 2.00 bits per heavy atom. The summed E-state index contributed by atoms with van der Waals surface area (Å²) >= 11 is 3.94. The van der Waals surface area contributed by atoms with Crippen LogP contribution < -0.4 is 0 Å². The van der Waals surface area contributed by atoms with Crippen molar-refractivity contribution >= 4 is 12.9 Å². The molecule has 0 aromatic heterocycles. The minimum atomic E-state index is 1.19. The van der Waals surface area contributed by atoms with E-state index in [0.717, 1.165) is 0 Å². The first-order valence-electron chi connectivity index (χ1n) is 0.811. The Hall–Kier alpha value is -0.110. The van der Waals surface area contributed by atoms with E-state index in [1.807, 2.05) is 0 Å². The van der Waals surface area contributed by atoms with Gasteiger partial charge < -0.3 is 4.18 Å². The SMILES string of the molecule is C=CO[S]. The highest BCUT2D eigenvalue weighted by molar-refractivity contribution is 7.75. The Labute approximate surface area is 30.9 Å². The van der Waals surface area contributed by atoms with Crippen molar-refractivity contribution in [1.82, 2.24) is 0 Å². The largest absolute Gasteiger partial charge is 0.420 e. The van der Waals surface area contributed by atoms with Crippen molar-refractivity contribution in [3.8, 4) is 0 Å². The van der Waals surface area contributed by atoms with Crippen molar-refractivity contribution in [3.63, 3.8) is 0 Å². The maximum absolute atomic E-state index is 3.94. The van der Waals surface area contributed by atoms with Crippen molar-refractivity contribution in [2.45, 2.75) is 0 Å². The normalized spacial score (nSPS) is 5.25. The molecule has 1 nitrogen and oxygen atoms in total. The van der Waals surface area contributed by atoms with Gasteiger partial charge in [0.1, 0.15) is 0 Å². The molecule has 4 heavy (non-hydrogen) atoms. The molecule has 0 aliphatic rings. The fourth-order valence-electron chi connectivity index (χ4n) is 0. The Morgan fingerprint density at radius 3 is 2.25 bits per heavy atom. The zero-order valence-corrected chi connectivity index (χ0v) is 2.92. The van der Waals surface area contributed by atoms with Gasteiger partial charge in [-0.25, -0.2) is 0 Å². The molecule has 2 heteroatoms. The van der Waals surface area contributed by atoms with Crippen LogP contribution >= 0.6 is 12.9 Å². The van der Waals surface area contributed by atoms with Gasteiger partial charge in [-0.1, -0.05) is 6.58 Å². The number of rotatable bonds is 1. The van der Waals surface area contributed by atoms with Gasteiger partial charge in [-0.05, 0) is 0 Å². The maximum atomic E-state index is 3.94. The highest BCUT2D eigenvalue weighted by atomic mass is 32.1. The van der Waals surface area contributed by atoms with Gasteiger partial charge >= 0.3 is 0 Å². The summed E-state index contributed by atoms with van der Waals surface area (Å²) in [5.41, 5.74) is 0. The molecule has 0 heterocycles. The van der Waals surface area contributed by atoms with E-state index in [1.54, 1.807) is 0 Å². The molecule has 23 valence electrons. The van der Waals surface area contributed by atoms with Crippen LogP contribution in [0.3, 0.4) is 0 Å². The second-order valence-electron chi connectivity index (χ2n) is 0.263. The monoisotopic (exact) mass is 75.0 g/mol. The van der Waals surface area contributed by atoms with E-state index in [1.165, 1.54) is 6.26 Å². The van der Waals surface area contributed by atoms with Gasteiger partial charge in [-0.15, -0.1) is 0 Å². The highest BCUT2D eigenvalue weighted by Gasteiger charge is 1.41. The van der Waals surface area contributed by atoms with Crippen LogP contribution in [-0.4, -0.2) is 0 Å². The Balaban J connectivity index is 2.30. The second kappa shape index (κ2) is 2.89. The van der Waals surface area contributed by atoms with Gasteiger partial charge in [-0.3, -0.25) is 0 Å². The third kappa shape index (κ3) is 1.89. The average molecular weight is 75.1 g/mol. The van der Waals surface area contributed by atoms with Gasteiger partial charge in [0, 0.05) is 0 Å². The van der Waals surface area contributed by atoms with Crippen LogP contribution in [0.15, 0.2) is 12.8 Å². The van der Waals surface area contributed by atoms with Crippen molar-refractivity contribution in [2.75, 3.05) is 0 Å². The van der Waals surface area contributed by atoms with Crippen LogP contribution in [0, 0.1) is 0 Å². The van der Waals surface area contributed by atoms with Crippen molar-refractivity contribution < 1.29 is 4.18 Å². The van der Waals surface area contributed by atoms with E-state index in [4.69, 9.17) is 0 Å². The summed E-state index contributed by atoms with van der Waals surface area (Å²) in [6, 6.07) is 0. The molecule has 0 fully saturated rings. The molecule has 0 aromatic carbocycles. The summed E-state index contributed by atoms with van der Waals surface area (Å²) in [5.74, 6) is 0. The second-order valence-corrected chi connectivity index (χ2v) is 0.455. The Bertz CT molecular complexity index is 20.0. The molecule has 0 aromatic rings. The van der Waals surface area contributed by atoms with Crippen molar-refractivity contribution in [3.05, 3.63) is 12.8 Å². The van der Waals surface area contributed by atoms with E-state index in [0.29, 0.717) is 0 Å². The van der Waals surface area contributed by atoms with Gasteiger partial charge in [0.15, 0.2) is 12.9 Å². The molecular weight excluding hydrogens is 72.1 g/mol. The van der Waals surface area contributed by atoms with Crippen molar-refractivity contribution in [1.29, 1.82) is 0 Å². The molecule has 0 N–H and O–H groups in total. The molecular formula is C2H3OS. The average Bonchev–Trinajstić information content (AvgIpc) is 1.37. The summed E-state index contributed by atoms with van der Waals surface area (Å²) in [4.78, 5) is 0. The molecule has 0 bridgehead atoms. The first-order chi connectivity index (χ1) is 1.91. The number of hydrogen-bond acceptors (Lipinski definition) is 1. The van der Waals surface area contributed by atoms with Crippen LogP contribution in [0.4, 0.5) is 0 Å². The molecule has 0 unspecified atom stereocenters. The van der Waals surface area contributed by atoms with Crippen LogP contribution in [0.2, 0.25) is 0 Å². The van der Waals surface area contributed by atoms with Crippen LogP contribution in [0.1, 0.15) is 0 Å². The maximum Gasteiger partial charge on any atom is 0.169 e. The minimum Gasteiger partial charge on any atom is -0.420 e. The van der Waals surface area contributed by atoms with Gasteiger partial charge in [0.05, 0.1) is 6.26 Å². The van der Waals surface area contributed by atoms with E-state index < -0.39 is 0 Å². The van der Waals surface area contributed by atoms with Gasteiger partial charge in [-0.2, -0.15) is 0 Å². The Kier molecular flexibility index (Phi) is 2.81. The summed E-state index contributed by atoms with van der Waals surface area (Å²) in [6.45, 7) is 3.15. The lowest BCUT2D eigenvalue weighted by Crippen LogP contribution is -1.38. The van der Waals surface area contributed by atoms with E-state index >= 15 is 0 Å². The van der Waals surface area contributed by atoms with Gasteiger partial charge in [0.2, 0.25) is 0 Å². The standard InChI is InChI=1S/C2H3OS/c1-2-3-4/h2H,1H2. The minimum absolute atomic E-state index is 1.19. The molecule has 0 atom stereocenters. The van der Waals surface area contributed by atoms with E-state index in [-0.39, 0.29) is 0 Å². The fourth-order valence-corrected chi connectivity index (χ4v) is 0. The first kappa shape index (κ1) is 3.89. The third-order valence-corrected chi connectivity index (χ3v) is 0.204. The highest BCUT2D eigenvalue weighted by Crippen LogP contribution is 1.70. The summed E-state index contributed by atoms with van der Waals surface area (Å²) < 4.78 is 3.89. The first-order valence-corrected chi connectivity index (χ1v) is 1.14. The molecule has 0 saturated carbocycles. The lowest BCUT2D eigenvalue weighted by atomic mass is 11.2. The predicted molar refractivity (Wildman–Crippen MR) is 18.9 cm³/mol. The summed E-state index contributed by atoms with van der Waals surface area (Å²) in [5, 5.41) is 0. The molecule has 0 saturated heterocycles. The zero-order valence-electron chi connectivity index (χ0n) is 2.10. The molecule has 1 radical (unpaired) electrons. The summed E-state index contributed by atoms with van der Waals surface area (Å²) in [6.07, 6.45) is 1.19. The third-order valence-electron chi connectivity index (χ3n) is 0.0680. The molecule has 0 amide bonds. The molecule has 0 rings (SSSR count). The van der Waals surface area contributed by atoms with E-state index in [9.17, 15) is 0 Å². The lowest BCUT2D eigenvalue weighted by Gasteiger charge is -1.66. The molecule has 0 aliphatic carbocycles. The number of hydrogen-bond donors (Lipinski definition) is 0. The predicted octanol–water partition coefficient (Wildman–Crippen LogP) is 1.26. The van der Waals surface area contributed by atoms with Gasteiger partial charge in [0.25, 0.3) is 0 Å². The van der Waals surface area contributed by atoms with Crippen LogP contribution in [0.5, 0.6) is 0 Å². The fraction of sp³-hybridized carbons (Fsp3) is 0. The lowest BCUT2D eigenvalue weighted by molar-refractivity contribution is 0.581. The summed E-state index contributed by atoms with van der Waals surface area (Å²) in [7, 11) is 0. The van der Waals surface area contributed by atoms with Crippen LogP contribution in [-0.2, 0) is 4.18 Å². The Morgan fingerprint density at radius 2 is 2.25 bits per heavy atom. The topological polar surface area (TPSA) is 9.23 Å². The smallest absolute Gasteiger partial charge is 0.169 e. The van der Waals surface area contributed by atoms with Crippen molar-refractivity contribution in [2.24, 2.45) is 0 Å². The van der Waals surface area contributed by atoms with Crippen LogP contribution in [0.25, 0.3) is 0 Å².